The van der Waals surface area contributed by atoms with Gasteiger partial charge in [-0.25, -0.2) is 4.98 Å². The molecule has 5 nitrogen and oxygen atoms in total. The van der Waals surface area contributed by atoms with E-state index in [1.54, 1.807) is 18.4 Å². The van der Waals surface area contributed by atoms with Crippen molar-refractivity contribution in [3.05, 3.63) is 40.3 Å². The summed E-state index contributed by atoms with van der Waals surface area (Å²) < 4.78 is 11.4. The van der Waals surface area contributed by atoms with Gasteiger partial charge in [-0.15, -0.1) is 11.3 Å². The van der Waals surface area contributed by atoms with Crippen molar-refractivity contribution in [3.63, 3.8) is 0 Å². The monoisotopic (exact) mass is 360 g/mol. The molecule has 0 N–H and O–H groups in total. The van der Waals surface area contributed by atoms with E-state index in [-0.39, 0.29) is 12.0 Å². The summed E-state index contributed by atoms with van der Waals surface area (Å²) >= 11 is 1.56. The number of nitrogens with zero attached hydrogens (tertiary/aromatic N) is 2. The Labute approximate surface area is 152 Å². The molecule has 0 saturated carbocycles. The maximum absolute atomic E-state index is 12.6. The van der Waals surface area contributed by atoms with Gasteiger partial charge >= 0.3 is 0 Å². The largest absolute Gasteiger partial charge is 0.493 e. The van der Waals surface area contributed by atoms with E-state index >= 15 is 0 Å². The van der Waals surface area contributed by atoms with Crippen molar-refractivity contribution < 1.29 is 14.3 Å². The van der Waals surface area contributed by atoms with Crippen LogP contribution in [0.1, 0.15) is 48.1 Å². The quantitative estimate of drug-likeness (QED) is 0.810. The first kappa shape index (κ1) is 17.7. The van der Waals surface area contributed by atoms with Gasteiger partial charge in [0.2, 0.25) is 0 Å². The van der Waals surface area contributed by atoms with Gasteiger partial charge in [0.05, 0.1) is 12.1 Å². The van der Waals surface area contributed by atoms with Crippen LogP contribution >= 0.6 is 11.3 Å². The molecular weight excluding hydrogens is 336 g/mol. The number of thiazole rings is 1. The lowest BCUT2D eigenvalue weighted by atomic mass is 10.1. The number of hydrogen-bond donors (Lipinski definition) is 0. The van der Waals surface area contributed by atoms with Crippen LogP contribution in [0.15, 0.2) is 29.6 Å². The second kappa shape index (κ2) is 7.87. The fourth-order valence-electron chi connectivity index (χ4n) is 2.89. The van der Waals surface area contributed by atoms with Crippen LogP contribution in [0.25, 0.3) is 0 Å². The minimum atomic E-state index is 0.0268. The molecular formula is C19H24N2O3S. The average molecular weight is 360 g/mol. The zero-order valence-electron chi connectivity index (χ0n) is 14.9. The van der Waals surface area contributed by atoms with Gasteiger partial charge in [-0.1, -0.05) is 26.0 Å². The maximum atomic E-state index is 12.6. The van der Waals surface area contributed by atoms with Crippen molar-refractivity contribution in [3.8, 4) is 11.5 Å². The average Bonchev–Trinajstić information content (AvgIpc) is 3.13. The summed E-state index contributed by atoms with van der Waals surface area (Å²) in [6.45, 7) is 5.56. The molecule has 0 unspecified atom stereocenters. The molecule has 1 aromatic carbocycles. The maximum Gasteiger partial charge on any atom is 0.273 e. The number of methoxy groups -OCH3 is 1. The van der Waals surface area contributed by atoms with Crippen molar-refractivity contribution >= 4 is 17.2 Å². The number of benzene rings is 1. The Morgan fingerprint density at radius 2 is 1.92 bits per heavy atom. The Bertz CT molecular complexity index is 721. The summed E-state index contributed by atoms with van der Waals surface area (Å²) in [5.41, 5.74) is 0.567. The van der Waals surface area contributed by atoms with Gasteiger partial charge < -0.3 is 14.4 Å². The summed E-state index contributed by atoms with van der Waals surface area (Å²) in [5, 5.41) is 2.88. The lowest BCUT2D eigenvalue weighted by Crippen LogP contribution is -2.42. The molecule has 1 saturated heterocycles. The Hall–Kier alpha value is -2.08. The third kappa shape index (κ3) is 4.12. The highest BCUT2D eigenvalue weighted by Gasteiger charge is 2.26. The number of ether oxygens (including phenoxy) is 2. The van der Waals surface area contributed by atoms with Gasteiger partial charge in [-0.2, -0.15) is 0 Å². The van der Waals surface area contributed by atoms with Crippen LogP contribution in [-0.2, 0) is 0 Å². The first-order chi connectivity index (χ1) is 12.1. The van der Waals surface area contributed by atoms with Crippen LogP contribution in [-0.4, -0.2) is 42.1 Å². The standard InChI is InChI=1S/C19H24N2O3S/c1-13(2)18-20-15(12-25-18)19(22)21-10-8-14(9-11-21)24-17-7-5-4-6-16(17)23-3/h4-7,12-14H,8-11H2,1-3H3. The number of hydrogen-bond acceptors (Lipinski definition) is 5. The highest BCUT2D eigenvalue weighted by molar-refractivity contribution is 7.09. The lowest BCUT2D eigenvalue weighted by Gasteiger charge is -2.32. The Morgan fingerprint density at radius 1 is 1.24 bits per heavy atom. The Kier molecular flexibility index (Phi) is 5.58. The molecule has 1 aliphatic heterocycles. The number of likely N-dealkylation sites (tertiary alicyclic amines) is 1. The smallest absolute Gasteiger partial charge is 0.273 e. The molecule has 25 heavy (non-hydrogen) atoms. The fourth-order valence-corrected chi connectivity index (χ4v) is 3.69. The molecule has 1 aliphatic rings. The number of amides is 1. The number of piperidine rings is 1. The van der Waals surface area contributed by atoms with Gasteiger partial charge in [0.25, 0.3) is 5.91 Å². The van der Waals surface area contributed by atoms with Crippen LogP contribution in [0, 0.1) is 0 Å². The second-order valence-electron chi connectivity index (χ2n) is 6.49. The van der Waals surface area contributed by atoms with Crippen LogP contribution in [0.3, 0.4) is 0 Å². The van der Waals surface area contributed by atoms with Gasteiger partial charge in [-0.05, 0) is 12.1 Å². The third-order valence-electron chi connectivity index (χ3n) is 4.33. The van der Waals surface area contributed by atoms with Crippen LogP contribution in [0.5, 0.6) is 11.5 Å². The van der Waals surface area contributed by atoms with Crippen LogP contribution < -0.4 is 9.47 Å². The minimum absolute atomic E-state index is 0.0268. The van der Waals surface area contributed by atoms with Crippen molar-refractivity contribution in [1.82, 2.24) is 9.88 Å². The lowest BCUT2D eigenvalue weighted by molar-refractivity contribution is 0.0586. The number of para-hydroxylation sites is 2. The summed E-state index contributed by atoms with van der Waals surface area (Å²) in [4.78, 5) is 19.0. The Balaban J connectivity index is 1.57. The normalized spacial score (nSPS) is 15.4. The van der Waals surface area contributed by atoms with E-state index in [0.29, 0.717) is 24.7 Å². The van der Waals surface area contributed by atoms with Gasteiger partial charge in [-0.3, -0.25) is 4.79 Å². The molecule has 3 rings (SSSR count). The third-order valence-corrected chi connectivity index (χ3v) is 5.47. The highest BCUT2D eigenvalue weighted by atomic mass is 32.1. The summed E-state index contributed by atoms with van der Waals surface area (Å²) in [5.74, 6) is 1.88. The number of aromatic nitrogens is 1. The van der Waals surface area contributed by atoms with E-state index in [0.717, 1.165) is 29.3 Å². The summed E-state index contributed by atoms with van der Waals surface area (Å²) in [7, 11) is 1.64. The van der Waals surface area contributed by atoms with E-state index in [4.69, 9.17) is 9.47 Å². The topological polar surface area (TPSA) is 51.7 Å². The molecule has 134 valence electrons. The van der Waals surface area contributed by atoms with Crippen molar-refractivity contribution in [1.29, 1.82) is 0 Å². The van der Waals surface area contributed by atoms with Crippen molar-refractivity contribution in [2.45, 2.75) is 38.7 Å². The molecule has 0 atom stereocenters. The first-order valence-electron chi connectivity index (χ1n) is 8.63. The predicted molar refractivity (Wildman–Crippen MR) is 98.8 cm³/mol. The zero-order chi connectivity index (χ0) is 17.8. The van der Waals surface area contributed by atoms with E-state index in [1.165, 1.54) is 0 Å². The van der Waals surface area contributed by atoms with Crippen molar-refractivity contribution in [2.75, 3.05) is 20.2 Å². The molecule has 2 aromatic rings. The molecule has 0 radical (unpaired) electrons. The van der Waals surface area contributed by atoms with E-state index in [1.807, 2.05) is 34.5 Å². The number of carbonyl (C=O) groups is 1. The molecule has 1 amide bonds. The summed E-state index contributed by atoms with van der Waals surface area (Å²) in [6, 6.07) is 7.67. The number of carbonyl (C=O) groups excluding carboxylic acids is 1. The Morgan fingerprint density at radius 3 is 2.52 bits per heavy atom. The molecule has 2 heterocycles. The second-order valence-corrected chi connectivity index (χ2v) is 7.38. The van der Waals surface area contributed by atoms with Crippen molar-refractivity contribution in [2.24, 2.45) is 0 Å². The SMILES string of the molecule is COc1ccccc1OC1CCN(C(=O)c2csc(C(C)C)n2)CC1. The molecule has 1 fully saturated rings. The van der Waals surface area contributed by atoms with E-state index in [9.17, 15) is 4.79 Å². The highest BCUT2D eigenvalue weighted by Crippen LogP contribution is 2.29. The van der Waals surface area contributed by atoms with E-state index < -0.39 is 0 Å². The predicted octanol–water partition coefficient (Wildman–Crippen LogP) is 3.96. The number of rotatable bonds is 5. The zero-order valence-corrected chi connectivity index (χ0v) is 15.7. The molecule has 1 aromatic heterocycles. The fraction of sp³-hybridized carbons (Fsp3) is 0.474. The molecule has 0 aliphatic carbocycles. The van der Waals surface area contributed by atoms with Crippen LogP contribution in [0.4, 0.5) is 0 Å². The molecule has 0 spiro atoms. The first-order valence-corrected chi connectivity index (χ1v) is 9.50. The van der Waals surface area contributed by atoms with Gasteiger partial charge in [0.15, 0.2) is 11.5 Å². The molecule has 6 heteroatoms. The van der Waals surface area contributed by atoms with Crippen LogP contribution in [0.2, 0.25) is 0 Å². The van der Waals surface area contributed by atoms with Gasteiger partial charge in [0, 0.05) is 37.2 Å². The van der Waals surface area contributed by atoms with Gasteiger partial charge in [0.1, 0.15) is 11.8 Å². The summed E-state index contributed by atoms with van der Waals surface area (Å²) in [6.07, 6.45) is 1.72. The minimum Gasteiger partial charge on any atom is -0.493 e. The molecule has 0 bridgehead atoms. The van der Waals surface area contributed by atoms with E-state index in [2.05, 4.69) is 18.8 Å².